The molecule has 0 bridgehead atoms. The Balaban J connectivity index is 1.82. The molecule has 0 aliphatic heterocycles. The van der Waals surface area contributed by atoms with E-state index >= 15 is 0 Å². The third kappa shape index (κ3) is 3.83. The molecular formula is C13H15ClN4O3S. The van der Waals surface area contributed by atoms with Crippen molar-refractivity contribution < 1.29 is 14.7 Å². The number of nitrogens with one attached hydrogen (secondary N) is 1. The van der Waals surface area contributed by atoms with E-state index in [1.54, 1.807) is 18.5 Å². The zero-order valence-electron chi connectivity index (χ0n) is 12.1. The fraction of sp³-hybridized carbons (Fsp3) is 0.385. The number of aryl methyl sites for hydroxylation is 1. The van der Waals surface area contributed by atoms with Gasteiger partial charge in [-0.3, -0.25) is 9.48 Å². The first kappa shape index (κ1) is 16.4. The third-order valence-electron chi connectivity index (χ3n) is 3.02. The van der Waals surface area contributed by atoms with Crippen molar-refractivity contribution in [3.63, 3.8) is 0 Å². The molecule has 1 amide bonds. The van der Waals surface area contributed by atoms with Crippen molar-refractivity contribution >= 4 is 34.8 Å². The van der Waals surface area contributed by atoms with Crippen LogP contribution < -0.4 is 5.32 Å². The molecule has 2 rings (SSSR count). The third-order valence-corrected chi connectivity index (χ3v) is 4.47. The molecule has 7 nitrogen and oxygen atoms in total. The van der Waals surface area contributed by atoms with Crippen LogP contribution in [-0.4, -0.2) is 38.3 Å². The molecule has 0 aliphatic rings. The molecule has 0 aliphatic carbocycles. The Hall–Kier alpha value is -1.93. The maximum absolute atomic E-state index is 11.9. The van der Waals surface area contributed by atoms with Gasteiger partial charge in [0.1, 0.15) is 6.54 Å². The van der Waals surface area contributed by atoms with E-state index in [0.717, 1.165) is 5.69 Å². The van der Waals surface area contributed by atoms with E-state index in [1.165, 1.54) is 16.7 Å². The summed E-state index contributed by atoms with van der Waals surface area (Å²) in [7, 11) is 0. The molecule has 0 saturated heterocycles. The van der Waals surface area contributed by atoms with Gasteiger partial charge in [-0.25, -0.2) is 9.78 Å². The number of thiazole rings is 1. The van der Waals surface area contributed by atoms with Crippen LogP contribution in [0.5, 0.6) is 0 Å². The number of rotatable bonds is 6. The van der Waals surface area contributed by atoms with Crippen LogP contribution in [0, 0.1) is 13.8 Å². The Morgan fingerprint density at radius 1 is 1.45 bits per heavy atom. The van der Waals surface area contributed by atoms with Crippen LogP contribution in [0.4, 0.5) is 0 Å². The van der Waals surface area contributed by atoms with Crippen molar-refractivity contribution in [3.8, 4) is 0 Å². The van der Waals surface area contributed by atoms with Gasteiger partial charge >= 0.3 is 5.97 Å². The van der Waals surface area contributed by atoms with E-state index in [2.05, 4.69) is 15.4 Å². The minimum Gasteiger partial charge on any atom is -0.476 e. The Labute approximate surface area is 135 Å². The van der Waals surface area contributed by atoms with Gasteiger partial charge < -0.3 is 10.4 Å². The maximum atomic E-state index is 11.9. The first-order valence-electron chi connectivity index (χ1n) is 6.52. The zero-order valence-corrected chi connectivity index (χ0v) is 13.7. The van der Waals surface area contributed by atoms with Gasteiger partial charge in [0.15, 0.2) is 5.69 Å². The quantitative estimate of drug-likeness (QED) is 0.832. The summed E-state index contributed by atoms with van der Waals surface area (Å²) < 4.78 is 1.55. The van der Waals surface area contributed by atoms with Gasteiger partial charge in [-0.2, -0.15) is 5.10 Å². The number of amides is 1. The van der Waals surface area contributed by atoms with E-state index in [4.69, 9.17) is 16.7 Å². The second kappa shape index (κ2) is 6.89. The Morgan fingerprint density at radius 3 is 2.73 bits per heavy atom. The van der Waals surface area contributed by atoms with E-state index in [0.29, 0.717) is 28.7 Å². The Bertz CT molecular complexity index is 710. The standard InChI is InChI=1S/C13H15ClN4O3S/c1-7-12(14)8(2)18(17-7)5-10(19)15-4-3-11-16-9(6-22-11)13(20)21/h6H,3-5H2,1-2H3,(H,15,19)(H,20,21). The van der Waals surface area contributed by atoms with Gasteiger partial charge in [0.25, 0.3) is 0 Å². The number of nitrogens with zero attached hydrogens (tertiary/aromatic N) is 3. The molecule has 0 fully saturated rings. The lowest BCUT2D eigenvalue weighted by Crippen LogP contribution is -2.30. The fourth-order valence-corrected chi connectivity index (χ4v) is 2.76. The average molecular weight is 343 g/mol. The summed E-state index contributed by atoms with van der Waals surface area (Å²) in [6.07, 6.45) is 0.488. The van der Waals surface area contributed by atoms with Crippen LogP contribution in [-0.2, 0) is 17.8 Å². The monoisotopic (exact) mass is 342 g/mol. The second-order valence-corrected chi connectivity index (χ2v) is 5.99. The topological polar surface area (TPSA) is 97.1 Å². The van der Waals surface area contributed by atoms with Gasteiger partial charge in [-0.05, 0) is 13.8 Å². The number of carbonyl (C=O) groups excluding carboxylic acids is 1. The summed E-state index contributed by atoms with van der Waals surface area (Å²) in [5.41, 5.74) is 1.47. The highest BCUT2D eigenvalue weighted by atomic mass is 35.5. The number of hydrogen-bond acceptors (Lipinski definition) is 5. The molecule has 0 unspecified atom stereocenters. The number of carboxylic acids is 1. The lowest BCUT2D eigenvalue weighted by atomic mass is 10.4. The summed E-state index contributed by atoms with van der Waals surface area (Å²) in [4.78, 5) is 26.5. The average Bonchev–Trinajstić information content (AvgIpc) is 3.01. The summed E-state index contributed by atoms with van der Waals surface area (Å²) in [6, 6.07) is 0. The van der Waals surface area contributed by atoms with E-state index in [1.807, 2.05) is 0 Å². The highest BCUT2D eigenvalue weighted by molar-refractivity contribution is 7.09. The summed E-state index contributed by atoms with van der Waals surface area (Å²) in [5.74, 6) is -1.23. The minimum absolute atomic E-state index is 0.0311. The largest absolute Gasteiger partial charge is 0.476 e. The number of carboxylic acid groups (broad SMARTS) is 1. The first-order chi connectivity index (χ1) is 10.4. The molecule has 2 heterocycles. The first-order valence-corrected chi connectivity index (χ1v) is 7.78. The number of hydrogen-bond donors (Lipinski definition) is 2. The minimum atomic E-state index is -1.05. The van der Waals surface area contributed by atoms with Crippen LogP contribution in [0.25, 0.3) is 0 Å². The van der Waals surface area contributed by atoms with Crippen molar-refractivity contribution in [2.75, 3.05) is 6.54 Å². The number of halogens is 1. The van der Waals surface area contributed by atoms with Crippen LogP contribution in [0.2, 0.25) is 5.02 Å². The predicted molar refractivity (Wildman–Crippen MR) is 82.5 cm³/mol. The van der Waals surface area contributed by atoms with Crippen molar-refractivity contribution in [2.24, 2.45) is 0 Å². The molecule has 2 aromatic rings. The molecule has 0 saturated carbocycles. The zero-order chi connectivity index (χ0) is 16.3. The van der Waals surface area contributed by atoms with Gasteiger partial charge in [-0.1, -0.05) is 11.6 Å². The van der Waals surface area contributed by atoms with E-state index in [9.17, 15) is 9.59 Å². The van der Waals surface area contributed by atoms with Crippen molar-refractivity contribution in [2.45, 2.75) is 26.8 Å². The van der Waals surface area contributed by atoms with Crippen LogP contribution in [0.3, 0.4) is 0 Å². The predicted octanol–water partition coefficient (Wildman–Crippen LogP) is 1.67. The Kier molecular flexibility index (Phi) is 5.15. The molecule has 22 heavy (non-hydrogen) atoms. The SMILES string of the molecule is Cc1nn(CC(=O)NCCc2nc(C(=O)O)cs2)c(C)c1Cl. The summed E-state index contributed by atoms with van der Waals surface area (Å²) in [5, 5.41) is 18.4. The molecule has 0 radical (unpaired) electrons. The second-order valence-electron chi connectivity index (χ2n) is 4.67. The molecule has 2 aromatic heterocycles. The van der Waals surface area contributed by atoms with E-state index in [-0.39, 0.29) is 18.1 Å². The Morgan fingerprint density at radius 2 is 2.18 bits per heavy atom. The van der Waals surface area contributed by atoms with Crippen molar-refractivity contribution in [1.29, 1.82) is 0 Å². The van der Waals surface area contributed by atoms with Crippen LogP contribution >= 0.6 is 22.9 Å². The van der Waals surface area contributed by atoms with Gasteiger partial charge in [-0.15, -0.1) is 11.3 Å². The number of carbonyl (C=O) groups is 2. The van der Waals surface area contributed by atoms with Crippen molar-refractivity contribution in [1.82, 2.24) is 20.1 Å². The van der Waals surface area contributed by atoms with Gasteiger partial charge in [0, 0.05) is 18.3 Å². The number of aromatic nitrogens is 3. The van der Waals surface area contributed by atoms with Crippen LogP contribution in [0.15, 0.2) is 5.38 Å². The van der Waals surface area contributed by atoms with Gasteiger partial charge in [0.05, 0.1) is 21.4 Å². The number of aromatic carboxylic acids is 1. The van der Waals surface area contributed by atoms with Crippen LogP contribution in [0.1, 0.15) is 26.9 Å². The molecule has 9 heteroatoms. The molecule has 118 valence electrons. The smallest absolute Gasteiger partial charge is 0.355 e. The molecule has 0 spiro atoms. The molecule has 2 N–H and O–H groups in total. The molecular weight excluding hydrogens is 328 g/mol. The van der Waals surface area contributed by atoms with Crippen molar-refractivity contribution in [3.05, 3.63) is 32.5 Å². The highest BCUT2D eigenvalue weighted by Gasteiger charge is 2.12. The lowest BCUT2D eigenvalue weighted by Gasteiger charge is -2.05. The van der Waals surface area contributed by atoms with E-state index < -0.39 is 5.97 Å². The fourth-order valence-electron chi connectivity index (χ4n) is 1.85. The lowest BCUT2D eigenvalue weighted by molar-refractivity contribution is -0.121. The molecule has 0 atom stereocenters. The normalized spacial score (nSPS) is 10.7. The molecule has 0 aromatic carbocycles. The highest BCUT2D eigenvalue weighted by Crippen LogP contribution is 2.18. The summed E-state index contributed by atoms with van der Waals surface area (Å²) in [6.45, 7) is 4.07. The van der Waals surface area contributed by atoms with Gasteiger partial charge in [0.2, 0.25) is 5.91 Å². The maximum Gasteiger partial charge on any atom is 0.355 e. The summed E-state index contributed by atoms with van der Waals surface area (Å²) >= 11 is 7.29.